The van der Waals surface area contributed by atoms with Crippen LogP contribution in [0.4, 0.5) is 0 Å². The molecular weight excluding hydrogens is 140 g/mol. The van der Waals surface area contributed by atoms with E-state index in [1.807, 2.05) is 24.0 Å². The number of nitrogens with one attached hydrogen (secondary N) is 1. The lowest BCUT2D eigenvalue weighted by molar-refractivity contribution is -0.724. The maximum absolute atomic E-state index is 9.12. The number of phenols is 1. The number of rotatable bonds is 0. The Morgan fingerprint density at radius 3 is 3.09 bits per heavy atom. The molecule has 0 fully saturated rings. The number of nitrogens with zero attached hydrogens (tertiary/aromatic N) is 1. The van der Waals surface area contributed by atoms with Crippen LogP contribution in [-0.4, -0.2) is 10.2 Å². The van der Waals surface area contributed by atoms with Gasteiger partial charge in [-0.25, -0.2) is 0 Å². The third-order valence-corrected chi connectivity index (χ3v) is 1.66. The van der Waals surface area contributed by atoms with Crippen LogP contribution in [-0.2, 0) is 7.05 Å². The number of phenolic OH excluding ortho intramolecular Hbond substituents is 1. The molecule has 0 aliphatic rings. The zero-order chi connectivity index (χ0) is 7.84. The van der Waals surface area contributed by atoms with Gasteiger partial charge < -0.3 is 5.11 Å². The fraction of sp³-hybridized carbons (Fsp3) is 0.125. The predicted octanol–water partition coefficient (Wildman–Crippen LogP) is 0.698. The van der Waals surface area contributed by atoms with Gasteiger partial charge in [-0.2, -0.15) is 5.10 Å². The van der Waals surface area contributed by atoms with Gasteiger partial charge in [-0.05, 0) is 18.2 Å². The number of aromatic nitrogens is 2. The number of H-pyrrole nitrogens is 1. The number of aromatic amines is 1. The van der Waals surface area contributed by atoms with Gasteiger partial charge in [0.25, 0.3) is 0 Å². The number of hydrogen-bond donors (Lipinski definition) is 2. The molecule has 2 rings (SSSR count). The molecule has 0 radical (unpaired) electrons. The molecule has 0 amide bonds. The predicted molar refractivity (Wildman–Crippen MR) is 41.1 cm³/mol. The van der Waals surface area contributed by atoms with Crippen LogP contribution in [0.3, 0.4) is 0 Å². The summed E-state index contributed by atoms with van der Waals surface area (Å²) in [5.41, 5.74) is 1.03. The van der Waals surface area contributed by atoms with Crippen LogP contribution in [0, 0.1) is 0 Å². The molecule has 56 valence electrons. The van der Waals surface area contributed by atoms with Gasteiger partial charge in [0.05, 0.1) is 5.39 Å². The van der Waals surface area contributed by atoms with Crippen molar-refractivity contribution in [1.82, 2.24) is 5.10 Å². The Morgan fingerprint density at radius 2 is 2.27 bits per heavy atom. The molecule has 1 aromatic heterocycles. The molecule has 0 spiro atoms. The van der Waals surface area contributed by atoms with Crippen molar-refractivity contribution in [2.45, 2.75) is 0 Å². The van der Waals surface area contributed by atoms with E-state index >= 15 is 0 Å². The molecular formula is C8H9N2O+. The Bertz CT molecular complexity index is 392. The molecule has 11 heavy (non-hydrogen) atoms. The Labute approximate surface area is 63.9 Å². The molecule has 0 aliphatic heterocycles. The lowest BCUT2D eigenvalue weighted by atomic mass is 10.2. The van der Waals surface area contributed by atoms with E-state index in [9.17, 15) is 0 Å². The molecule has 0 unspecified atom stereocenters. The number of hydrogen-bond acceptors (Lipinski definition) is 1. The monoisotopic (exact) mass is 149 g/mol. The van der Waals surface area contributed by atoms with Crippen LogP contribution in [0.2, 0.25) is 0 Å². The molecule has 0 aliphatic carbocycles. The van der Waals surface area contributed by atoms with Gasteiger partial charge in [0, 0.05) is 0 Å². The highest BCUT2D eigenvalue weighted by atomic mass is 16.3. The molecule has 1 heterocycles. The van der Waals surface area contributed by atoms with Crippen LogP contribution in [0.5, 0.6) is 5.75 Å². The van der Waals surface area contributed by atoms with E-state index in [4.69, 9.17) is 5.11 Å². The Balaban J connectivity index is 2.82. The van der Waals surface area contributed by atoms with E-state index < -0.39 is 0 Å². The second-order valence-corrected chi connectivity index (χ2v) is 2.62. The molecule has 3 heteroatoms. The van der Waals surface area contributed by atoms with Crippen LogP contribution < -0.4 is 4.68 Å². The van der Waals surface area contributed by atoms with Gasteiger partial charge in [0.2, 0.25) is 6.20 Å². The Kier molecular flexibility index (Phi) is 1.12. The molecule has 3 nitrogen and oxygen atoms in total. The second kappa shape index (κ2) is 1.99. The van der Waals surface area contributed by atoms with Crippen LogP contribution in [0.1, 0.15) is 0 Å². The van der Waals surface area contributed by atoms with Crippen molar-refractivity contribution in [3.8, 4) is 5.75 Å². The minimum Gasteiger partial charge on any atom is -0.508 e. The highest BCUT2D eigenvalue weighted by Gasteiger charge is 2.02. The first kappa shape index (κ1) is 6.22. The van der Waals surface area contributed by atoms with Gasteiger partial charge in [-0.15, -0.1) is 4.68 Å². The molecule has 0 saturated heterocycles. The lowest BCUT2D eigenvalue weighted by Crippen LogP contribution is -2.27. The van der Waals surface area contributed by atoms with E-state index in [1.54, 1.807) is 12.1 Å². The molecule has 0 saturated carbocycles. The van der Waals surface area contributed by atoms with Crippen molar-refractivity contribution in [3.63, 3.8) is 0 Å². The minimum absolute atomic E-state index is 0.303. The number of aryl methyl sites for hydroxylation is 1. The first-order valence-corrected chi connectivity index (χ1v) is 3.43. The molecule has 0 bridgehead atoms. The van der Waals surface area contributed by atoms with Crippen molar-refractivity contribution in [1.29, 1.82) is 0 Å². The topological polar surface area (TPSA) is 39.9 Å². The first-order valence-electron chi connectivity index (χ1n) is 3.43. The fourth-order valence-corrected chi connectivity index (χ4v) is 1.19. The minimum atomic E-state index is 0.303. The molecule has 0 atom stereocenters. The summed E-state index contributed by atoms with van der Waals surface area (Å²) in [5.74, 6) is 0.303. The molecule has 2 N–H and O–H groups in total. The van der Waals surface area contributed by atoms with Crippen molar-refractivity contribution in [2.75, 3.05) is 0 Å². The van der Waals surface area contributed by atoms with Gasteiger partial charge in [0.15, 0.2) is 7.05 Å². The van der Waals surface area contributed by atoms with Crippen molar-refractivity contribution < 1.29 is 9.79 Å². The van der Waals surface area contributed by atoms with Crippen molar-refractivity contribution in [3.05, 3.63) is 24.4 Å². The zero-order valence-electron chi connectivity index (χ0n) is 6.20. The fourth-order valence-electron chi connectivity index (χ4n) is 1.19. The standard InChI is InChI=1S/C8H8N2O/c1-10-5-6-4-7(11)2-3-8(6)9-10/h2-5,11H,1H3/p+1. The summed E-state index contributed by atoms with van der Waals surface area (Å²) in [6.45, 7) is 0. The van der Waals surface area contributed by atoms with E-state index in [2.05, 4.69) is 5.10 Å². The van der Waals surface area contributed by atoms with E-state index in [0.29, 0.717) is 5.75 Å². The normalized spacial score (nSPS) is 10.6. The third-order valence-electron chi connectivity index (χ3n) is 1.66. The summed E-state index contributed by atoms with van der Waals surface area (Å²) < 4.78 is 1.85. The van der Waals surface area contributed by atoms with Gasteiger partial charge in [-0.3, -0.25) is 0 Å². The molecule has 1 aromatic carbocycles. The average molecular weight is 149 g/mol. The Morgan fingerprint density at radius 1 is 1.45 bits per heavy atom. The van der Waals surface area contributed by atoms with Gasteiger partial charge in [0.1, 0.15) is 11.3 Å². The quantitative estimate of drug-likeness (QED) is 0.532. The highest BCUT2D eigenvalue weighted by molar-refractivity contribution is 5.78. The number of benzene rings is 1. The van der Waals surface area contributed by atoms with Crippen LogP contribution in [0.25, 0.3) is 10.9 Å². The summed E-state index contributed by atoms with van der Waals surface area (Å²) in [6.07, 6.45) is 1.93. The van der Waals surface area contributed by atoms with Crippen molar-refractivity contribution >= 4 is 10.9 Å². The maximum Gasteiger partial charge on any atom is 0.203 e. The first-order chi connectivity index (χ1) is 5.25. The van der Waals surface area contributed by atoms with E-state index in [1.165, 1.54) is 0 Å². The number of fused-ring (bicyclic) bond motifs is 1. The SMILES string of the molecule is C[n+]1cc2cc(O)ccc2[nH]1. The highest BCUT2D eigenvalue weighted by Crippen LogP contribution is 2.15. The van der Waals surface area contributed by atoms with E-state index in [-0.39, 0.29) is 0 Å². The van der Waals surface area contributed by atoms with Crippen molar-refractivity contribution in [2.24, 2.45) is 7.05 Å². The second-order valence-electron chi connectivity index (χ2n) is 2.62. The van der Waals surface area contributed by atoms with Crippen LogP contribution >= 0.6 is 0 Å². The largest absolute Gasteiger partial charge is 0.508 e. The van der Waals surface area contributed by atoms with Gasteiger partial charge >= 0.3 is 0 Å². The average Bonchev–Trinajstić information content (AvgIpc) is 2.27. The summed E-state index contributed by atoms with van der Waals surface area (Å²) in [7, 11) is 1.91. The lowest BCUT2D eigenvalue weighted by Gasteiger charge is -1.86. The zero-order valence-corrected chi connectivity index (χ0v) is 6.20. The smallest absolute Gasteiger partial charge is 0.203 e. The summed E-state index contributed by atoms with van der Waals surface area (Å²) in [5, 5.41) is 13.2. The Hall–Kier alpha value is -1.51. The third kappa shape index (κ3) is 0.941. The summed E-state index contributed by atoms with van der Waals surface area (Å²) >= 11 is 0. The van der Waals surface area contributed by atoms with Crippen LogP contribution in [0.15, 0.2) is 24.4 Å². The van der Waals surface area contributed by atoms with E-state index in [0.717, 1.165) is 10.9 Å². The summed E-state index contributed by atoms with van der Waals surface area (Å²) in [6, 6.07) is 5.25. The summed E-state index contributed by atoms with van der Waals surface area (Å²) in [4.78, 5) is 0. The maximum atomic E-state index is 9.12. The van der Waals surface area contributed by atoms with Gasteiger partial charge in [-0.1, -0.05) is 0 Å². The number of aromatic hydroxyl groups is 1. The molecule has 2 aromatic rings.